The van der Waals surface area contributed by atoms with E-state index in [1.54, 1.807) is 0 Å². The predicted octanol–water partition coefficient (Wildman–Crippen LogP) is 1.54. The number of nitrogens with zero attached hydrogens (tertiary/aromatic N) is 3. The van der Waals surface area contributed by atoms with Gasteiger partial charge in [0, 0.05) is 36.7 Å². The lowest BCUT2D eigenvalue weighted by atomic mass is 10.2. The molecule has 3 aromatic rings. The van der Waals surface area contributed by atoms with E-state index in [4.69, 9.17) is 4.74 Å². The molecule has 1 fully saturated rings. The van der Waals surface area contributed by atoms with Crippen molar-refractivity contribution in [2.24, 2.45) is 0 Å². The molecule has 1 saturated heterocycles. The van der Waals surface area contributed by atoms with Gasteiger partial charge in [0.25, 0.3) is 11.5 Å². The minimum Gasteiger partial charge on any atom is -0.379 e. The minimum atomic E-state index is -0.303. The standard InChI is InChI=1S/C20H23N5O3/c26-18-13-16(7-4-8-24-9-11-28-12-10-24)22-19-17(14-21-25(18)19)20(27)23-15-5-2-1-3-6-15/h1-3,5-6,13-14,21H,4,7-12H2,(H,23,27). The van der Waals surface area contributed by atoms with Crippen molar-refractivity contribution < 1.29 is 9.53 Å². The number of amides is 1. The summed E-state index contributed by atoms with van der Waals surface area (Å²) in [5, 5.41) is 5.65. The molecule has 2 N–H and O–H groups in total. The Morgan fingerprint density at radius 1 is 1.21 bits per heavy atom. The number of morpholine rings is 1. The van der Waals surface area contributed by atoms with Crippen LogP contribution in [0.15, 0.2) is 47.4 Å². The largest absolute Gasteiger partial charge is 0.379 e. The molecule has 0 aliphatic carbocycles. The number of anilines is 1. The van der Waals surface area contributed by atoms with Crippen LogP contribution in [-0.4, -0.2) is 58.3 Å². The van der Waals surface area contributed by atoms with Crippen LogP contribution in [0.4, 0.5) is 5.69 Å². The molecule has 146 valence electrons. The van der Waals surface area contributed by atoms with Crippen molar-refractivity contribution in [1.82, 2.24) is 19.5 Å². The second-order valence-electron chi connectivity index (χ2n) is 6.81. The molecule has 0 bridgehead atoms. The van der Waals surface area contributed by atoms with Crippen LogP contribution in [0.3, 0.4) is 0 Å². The van der Waals surface area contributed by atoms with E-state index in [2.05, 4.69) is 20.3 Å². The maximum atomic E-state index is 12.6. The predicted molar refractivity (Wildman–Crippen MR) is 106 cm³/mol. The van der Waals surface area contributed by atoms with Crippen LogP contribution < -0.4 is 10.9 Å². The van der Waals surface area contributed by atoms with E-state index in [0.717, 1.165) is 39.3 Å². The third-order valence-electron chi connectivity index (χ3n) is 4.84. The van der Waals surface area contributed by atoms with Crippen molar-refractivity contribution in [3.05, 3.63) is 64.2 Å². The number of fused-ring (bicyclic) bond motifs is 1. The van der Waals surface area contributed by atoms with Gasteiger partial charge >= 0.3 is 0 Å². The first kappa shape index (κ1) is 18.4. The van der Waals surface area contributed by atoms with Gasteiger partial charge in [-0.05, 0) is 31.5 Å². The van der Waals surface area contributed by atoms with Crippen molar-refractivity contribution >= 4 is 17.2 Å². The first-order valence-electron chi connectivity index (χ1n) is 9.47. The minimum absolute atomic E-state index is 0.217. The molecule has 4 rings (SSSR count). The van der Waals surface area contributed by atoms with Gasteiger partial charge in [-0.25, -0.2) is 9.50 Å². The summed E-state index contributed by atoms with van der Waals surface area (Å²) < 4.78 is 6.66. The van der Waals surface area contributed by atoms with Crippen LogP contribution in [0.2, 0.25) is 0 Å². The highest BCUT2D eigenvalue weighted by Crippen LogP contribution is 2.12. The Kier molecular flexibility index (Phi) is 5.50. The number of nitrogens with one attached hydrogen (secondary N) is 2. The molecule has 0 radical (unpaired) electrons. The van der Waals surface area contributed by atoms with Crippen molar-refractivity contribution in [1.29, 1.82) is 0 Å². The zero-order valence-electron chi connectivity index (χ0n) is 15.6. The summed E-state index contributed by atoms with van der Waals surface area (Å²) in [7, 11) is 0. The van der Waals surface area contributed by atoms with E-state index in [1.165, 1.54) is 16.8 Å². The molecule has 2 aromatic heterocycles. The quantitative estimate of drug-likeness (QED) is 0.676. The molecule has 0 unspecified atom stereocenters. The van der Waals surface area contributed by atoms with E-state index in [0.29, 0.717) is 29.0 Å². The number of aromatic amines is 1. The molecule has 8 heteroatoms. The summed E-state index contributed by atoms with van der Waals surface area (Å²) in [6.07, 6.45) is 3.10. The zero-order chi connectivity index (χ0) is 19.3. The molecule has 3 heterocycles. The lowest BCUT2D eigenvalue weighted by Gasteiger charge is -2.26. The topological polar surface area (TPSA) is 91.7 Å². The molecule has 1 amide bonds. The van der Waals surface area contributed by atoms with Gasteiger partial charge in [-0.3, -0.25) is 19.6 Å². The number of rotatable bonds is 6. The summed E-state index contributed by atoms with van der Waals surface area (Å²) >= 11 is 0. The Balaban J connectivity index is 1.49. The van der Waals surface area contributed by atoms with Crippen molar-refractivity contribution in [2.75, 3.05) is 38.2 Å². The Bertz CT molecular complexity index is 1010. The zero-order valence-corrected chi connectivity index (χ0v) is 15.6. The second-order valence-corrected chi connectivity index (χ2v) is 6.81. The van der Waals surface area contributed by atoms with Crippen LogP contribution >= 0.6 is 0 Å². The van der Waals surface area contributed by atoms with Gasteiger partial charge in [-0.15, -0.1) is 0 Å². The summed E-state index contributed by atoms with van der Waals surface area (Å²) in [4.78, 5) is 31.9. The SMILES string of the molecule is O=C(Nc1ccccc1)c1c[nH]n2c(=O)cc(CCCN3CCOCC3)nc12. The normalized spacial score (nSPS) is 15.0. The number of carbonyl (C=O) groups excluding carboxylic acids is 1. The highest BCUT2D eigenvalue weighted by molar-refractivity contribution is 6.08. The number of para-hydroxylation sites is 1. The van der Waals surface area contributed by atoms with Crippen LogP contribution in [-0.2, 0) is 11.2 Å². The summed E-state index contributed by atoms with van der Waals surface area (Å²) in [6, 6.07) is 10.7. The molecule has 8 nitrogen and oxygen atoms in total. The number of aromatic nitrogens is 3. The monoisotopic (exact) mass is 381 g/mol. The van der Waals surface area contributed by atoms with Crippen LogP contribution in [0.25, 0.3) is 5.65 Å². The Hall–Kier alpha value is -2.97. The summed E-state index contributed by atoms with van der Waals surface area (Å²) in [6.45, 7) is 4.37. The van der Waals surface area contributed by atoms with E-state index < -0.39 is 0 Å². The molecule has 1 aliphatic heterocycles. The molecular weight excluding hydrogens is 358 g/mol. The average molecular weight is 381 g/mol. The number of H-pyrrole nitrogens is 1. The van der Waals surface area contributed by atoms with Gasteiger partial charge in [0.2, 0.25) is 0 Å². The lowest BCUT2D eigenvalue weighted by Crippen LogP contribution is -2.37. The summed E-state index contributed by atoms with van der Waals surface area (Å²) in [5.41, 5.74) is 1.87. The Morgan fingerprint density at radius 3 is 2.79 bits per heavy atom. The third-order valence-corrected chi connectivity index (χ3v) is 4.84. The lowest BCUT2D eigenvalue weighted by molar-refractivity contribution is 0.0374. The molecular formula is C20H23N5O3. The van der Waals surface area contributed by atoms with E-state index in [-0.39, 0.29) is 11.5 Å². The van der Waals surface area contributed by atoms with Gasteiger partial charge in [0.1, 0.15) is 5.56 Å². The maximum Gasteiger partial charge on any atom is 0.272 e. The van der Waals surface area contributed by atoms with Crippen molar-refractivity contribution in [3.63, 3.8) is 0 Å². The van der Waals surface area contributed by atoms with Crippen LogP contribution in [0, 0.1) is 0 Å². The molecule has 0 atom stereocenters. The Labute approximate surface area is 162 Å². The second kappa shape index (κ2) is 8.37. The highest BCUT2D eigenvalue weighted by Gasteiger charge is 2.16. The molecule has 1 aliphatic rings. The highest BCUT2D eigenvalue weighted by atomic mass is 16.5. The molecule has 28 heavy (non-hydrogen) atoms. The van der Waals surface area contributed by atoms with Crippen LogP contribution in [0.5, 0.6) is 0 Å². The van der Waals surface area contributed by atoms with Crippen LogP contribution in [0.1, 0.15) is 22.5 Å². The van der Waals surface area contributed by atoms with Gasteiger partial charge in [-0.2, -0.15) is 0 Å². The number of benzene rings is 1. The molecule has 0 saturated carbocycles. The smallest absolute Gasteiger partial charge is 0.272 e. The number of hydrogen-bond acceptors (Lipinski definition) is 5. The first-order valence-corrected chi connectivity index (χ1v) is 9.47. The summed E-state index contributed by atoms with van der Waals surface area (Å²) in [5.74, 6) is -0.303. The fraction of sp³-hybridized carbons (Fsp3) is 0.350. The van der Waals surface area contributed by atoms with Gasteiger partial charge in [0.15, 0.2) is 5.65 Å². The fourth-order valence-electron chi connectivity index (χ4n) is 3.35. The van der Waals surface area contributed by atoms with Crippen molar-refractivity contribution in [3.8, 4) is 0 Å². The van der Waals surface area contributed by atoms with E-state index in [1.807, 2.05) is 30.3 Å². The maximum absolute atomic E-state index is 12.6. The number of hydrogen-bond donors (Lipinski definition) is 2. The van der Waals surface area contributed by atoms with Gasteiger partial charge in [0.05, 0.1) is 13.2 Å². The average Bonchev–Trinajstić information content (AvgIpc) is 3.14. The first-order chi connectivity index (χ1) is 13.7. The Morgan fingerprint density at radius 2 is 2.00 bits per heavy atom. The molecule has 1 aromatic carbocycles. The number of carbonyl (C=O) groups is 1. The molecule has 0 spiro atoms. The number of aryl methyl sites for hydroxylation is 1. The van der Waals surface area contributed by atoms with Gasteiger partial charge in [-0.1, -0.05) is 18.2 Å². The van der Waals surface area contributed by atoms with E-state index in [9.17, 15) is 9.59 Å². The van der Waals surface area contributed by atoms with Gasteiger partial charge < -0.3 is 10.1 Å². The van der Waals surface area contributed by atoms with E-state index >= 15 is 0 Å². The number of ether oxygens (including phenoxy) is 1. The fourth-order valence-corrected chi connectivity index (χ4v) is 3.35. The third kappa shape index (κ3) is 4.13. The van der Waals surface area contributed by atoms with Crippen molar-refractivity contribution in [2.45, 2.75) is 12.8 Å².